The van der Waals surface area contributed by atoms with Crippen LogP contribution < -0.4 is 9.47 Å². The summed E-state index contributed by atoms with van der Waals surface area (Å²) in [5, 5.41) is 0. The molecular weight excluding hydrogens is 236 g/mol. The van der Waals surface area contributed by atoms with E-state index in [0.717, 1.165) is 0 Å². The molecule has 1 rings (SSSR count). The summed E-state index contributed by atoms with van der Waals surface area (Å²) in [6.07, 6.45) is 2.84. The lowest BCUT2D eigenvalue weighted by atomic mass is 10.2. The van der Waals surface area contributed by atoms with Gasteiger partial charge in [-0.2, -0.15) is 9.98 Å². The second-order valence-corrected chi connectivity index (χ2v) is 3.06. The van der Waals surface area contributed by atoms with E-state index in [1.807, 2.05) is 0 Å². The zero-order valence-corrected chi connectivity index (χ0v) is 10.1. The second kappa shape index (κ2) is 7.01. The Morgan fingerprint density at radius 1 is 0.944 bits per heavy atom. The fourth-order valence-electron chi connectivity index (χ4n) is 1.35. The third-order valence-corrected chi connectivity index (χ3v) is 1.97. The number of rotatable bonds is 6. The molecule has 0 saturated heterocycles. The molecule has 0 heterocycles. The Hall–Kier alpha value is -2.42. The van der Waals surface area contributed by atoms with Crippen LogP contribution in [0.25, 0.3) is 0 Å². The van der Waals surface area contributed by atoms with E-state index in [2.05, 4.69) is 9.98 Å². The molecule has 0 fully saturated rings. The fraction of sp³-hybridized carbons (Fsp3) is 0.333. The smallest absolute Gasteiger partial charge is 0.240 e. The van der Waals surface area contributed by atoms with Crippen LogP contribution >= 0.6 is 0 Å². The minimum atomic E-state index is 0.240. The highest BCUT2D eigenvalue weighted by atomic mass is 16.5. The van der Waals surface area contributed by atoms with E-state index in [9.17, 15) is 9.59 Å². The number of hydrogen-bond acceptors (Lipinski definition) is 6. The van der Waals surface area contributed by atoms with Gasteiger partial charge >= 0.3 is 0 Å². The number of ether oxygens (including phenoxy) is 2. The topological polar surface area (TPSA) is 77.3 Å². The first-order valence-electron chi connectivity index (χ1n) is 5.36. The van der Waals surface area contributed by atoms with E-state index in [1.54, 1.807) is 13.8 Å². The largest absolute Gasteiger partial charge is 0.491 e. The van der Waals surface area contributed by atoms with Crippen LogP contribution in [0.4, 0.5) is 11.4 Å². The molecule has 0 aliphatic carbocycles. The van der Waals surface area contributed by atoms with Crippen LogP contribution in [0.5, 0.6) is 11.5 Å². The SMILES string of the molecule is CCOc1cc(OCC)c(N=C=O)cc1N=C=O. The summed E-state index contributed by atoms with van der Waals surface area (Å²) in [5.41, 5.74) is 0.480. The van der Waals surface area contributed by atoms with Gasteiger partial charge < -0.3 is 9.47 Å². The van der Waals surface area contributed by atoms with E-state index in [1.165, 1.54) is 24.3 Å². The summed E-state index contributed by atoms with van der Waals surface area (Å²) in [5.74, 6) is 0.739. The Morgan fingerprint density at radius 2 is 1.39 bits per heavy atom. The van der Waals surface area contributed by atoms with Crippen molar-refractivity contribution in [2.75, 3.05) is 13.2 Å². The molecule has 0 N–H and O–H groups in total. The number of nitrogens with zero attached hydrogens (tertiary/aromatic N) is 2. The van der Waals surface area contributed by atoms with Gasteiger partial charge in [0, 0.05) is 6.07 Å². The lowest BCUT2D eigenvalue weighted by Crippen LogP contribution is -1.96. The van der Waals surface area contributed by atoms with Crippen LogP contribution in [0.2, 0.25) is 0 Å². The predicted octanol–water partition coefficient (Wildman–Crippen LogP) is 2.42. The van der Waals surface area contributed by atoms with Gasteiger partial charge in [-0.25, -0.2) is 9.59 Å². The molecule has 0 aliphatic heterocycles. The van der Waals surface area contributed by atoms with Gasteiger partial charge in [0.1, 0.15) is 22.9 Å². The number of aliphatic imine (C=N–C) groups is 2. The summed E-state index contributed by atoms with van der Waals surface area (Å²) in [4.78, 5) is 27.6. The molecule has 0 amide bonds. The first kappa shape index (κ1) is 13.6. The molecule has 94 valence electrons. The summed E-state index contributed by atoms with van der Waals surface area (Å²) in [6.45, 7) is 4.41. The van der Waals surface area contributed by atoms with E-state index < -0.39 is 0 Å². The Balaban J connectivity index is 3.37. The van der Waals surface area contributed by atoms with Crippen molar-refractivity contribution in [1.82, 2.24) is 0 Å². The first-order chi connectivity index (χ1) is 8.76. The fourth-order valence-corrected chi connectivity index (χ4v) is 1.35. The van der Waals surface area contributed by atoms with Crippen molar-refractivity contribution in [1.29, 1.82) is 0 Å². The lowest BCUT2D eigenvalue weighted by molar-refractivity contribution is 0.324. The van der Waals surface area contributed by atoms with Gasteiger partial charge in [-0.1, -0.05) is 0 Å². The molecule has 0 radical (unpaired) electrons. The van der Waals surface area contributed by atoms with Crippen molar-refractivity contribution >= 4 is 23.5 Å². The van der Waals surface area contributed by atoms with Crippen LogP contribution in [0, 0.1) is 0 Å². The number of carbonyl (C=O) groups excluding carboxylic acids is 2. The normalized spacial score (nSPS) is 9.00. The number of isocyanates is 2. The molecule has 1 aromatic carbocycles. The van der Waals surface area contributed by atoms with Gasteiger partial charge in [0.2, 0.25) is 12.2 Å². The van der Waals surface area contributed by atoms with Crippen molar-refractivity contribution in [3.05, 3.63) is 12.1 Å². The Morgan fingerprint density at radius 3 is 1.72 bits per heavy atom. The van der Waals surface area contributed by atoms with Gasteiger partial charge in [-0.15, -0.1) is 0 Å². The highest BCUT2D eigenvalue weighted by molar-refractivity contribution is 5.70. The Bertz CT molecular complexity index is 472. The molecule has 6 nitrogen and oxygen atoms in total. The minimum Gasteiger partial charge on any atom is -0.491 e. The van der Waals surface area contributed by atoms with Crippen molar-refractivity contribution in [2.45, 2.75) is 13.8 Å². The molecule has 6 heteroatoms. The molecular formula is C12H12N2O4. The van der Waals surface area contributed by atoms with Crippen molar-refractivity contribution < 1.29 is 19.1 Å². The molecule has 0 unspecified atom stereocenters. The molecule has 0 aromatic heterocycles. The quantitative estimate of drug-likeness (QED) is 0.572. The maximum Gasteiger partial charge on any atom is 0.240 e. The monoisotopic (exact) mass is 248 g/mol. The highest BCUT2D eigenvalue weighted by Crippen LogP contribution is 2.39. The third-order valence-electron chi connectivity index (χ3n) is 1.97. The molecule has 0 spiro atoms. The Labute approximate surface area is 104 Å². The second-order valence-electron chi connectivity index (χ2n) is 3.06. The molecule has 0 aliphatic rings. The van der Waals surface area contributed by atoms with Crippen LogP contribution in [0.1, 0.15) is 13.8 Å². The standard InChI is InChI=1S/C12H12N2O4/c1-3-17-11-6-12(18-4-2)10(14-8-16)5-9(11)13-7-15/h5-6H,3-4H2,1-2H3. The van der Waals surface area contributed by atoms with Crippen LogP contribution in [-0.2, 0) is 9.59 Å². The predicted molar refractivity (Wildman–Crippen MR) is 64.3 cm³/mol. The van der Waals surface area contributed by atoms with Crippen molar-refractivity contribution in [3.8, 4) is 11.5 Å². The molecule has 1 aromatic rings. The van der Waals surface area contributed by atoms with Crippen molar-refractivity contribution in [3.63, 3.8) is 0 Å². The molecule has 18 heavy (non-hydrogen) atoms. The summed E-state index contributed by atoms with van der Waals surface area (Å²) in [7, 11) is 0. The number of hydrogen-bond donors (Lipinski definition) is 0. The average molecular weight is 248 g/mol. The zero-order valence-electron chi connectivity index (χ0n) is 10.1. The van der Waals surface area contributed by atoms with Gasteiger partial charge in [0.25, 0.3) is 0 Å². The molecule has 0 saturated carbocycles. The summed E-state index contributed by atoms with van der Waals surface area (Å²) < 4.78 is 10.6. The maximum atomic E-state index is 10.3. The van der Waals surface area contributed by atoms with E-state index in [-0.39, 0.29) is 11.4 Å². The first-order valence-corrected chi connectivity index (χ1v) is 5.36. The molecule has 0 atom stereocenters. The van der Waals surface area contributed by atoms with Crippen LogP contribution in [-0.4, -0.2) is 25.4 Å². The zero-order chi connectivity index (χ0) is 13.4. The van der Waals surface area contributed by atoms with Gasteiger partial charge in [0.05, 0.1) is 13.2 Å². The van der Waals surface area contributed by atoms with Gasteiger partial charge in [-0.3, -0.25) is 0 Å². The van der Waals surface area contributed by atoms with Gasteiger partial charge in [0.15, 0.2) is 0 Å². The molecule has 0 bridgehead atoms. The van der Waals surface area contributed by atoms with Gasteiger partial charge in [-0.05, 0) is 19.9 Å². The highest BCUT2D eigenvalue weighted by Gasteiger charge is 2.11. The summed E-state index contributed by atoms with van der Waals surface area (Å²) in [6, 6.07) is 2.94. The number of benzene rings is 1. The third kappa shape index (κ3) is 3.28. The average Bonchev–Trinajstić information content (AvgIpc) is 2.35. The van der Waals surface area contributed by atoms with Crippen molar-refractivity contribution in [2.24, 2.45) is 9.98 Å². The van der Waals surface area contributed by atoms with Crippen LogP contribution in [0.3, 0.4) is 0 Å². The summed E-state index contributed by atoms with van der Waals surface area (Å²) >= 11 is 0. The maximum absolute atomic E-state index is 10.3. The minimum absolute atomic E-state index is 0.240. The lowest BCUT2D eigenvalue weighted by Gasteiger charge is -2.11. The Kier molecular flexibility index (Phi) is 5.32. The van der Waals surface area contributed by atoms with E-state index in [0.29, 0.717) is 24.7 Å². The van der Waals surface area contributed by atoms with E-state index in [4.69, 9.17) is 9.47 Å². The van der Waals surface area contributed by atoms with E-state index >= 15 is 0 Å². The van der Waals surface area contributed by atoms with Crippen LogP contribution in [0.15, 0.2) is 22.1 Å².